The maximum atomic E-state index is 12.6. The fourth-order valence-electron chi connectivity index (χ4n) is 2.08. The van der Waals surface area contributed by atoms with Gasteiger partial charge in [-0.25, -0.2) is 8.42 Å². The van der Waals surface area contributed by atoms with E-state index in [0.717, 1.165) is 18.4 Å². The highest BCUT2D eigenvalue weighted by atomic mass is 32.2. The summed E-state index contributed by atoms with van der Waals surface area (Å²) < 4.78 is 62.6. The minimum absolute atomic E-state index is 0.0845. The number of hydrogen-bond acceptors (Lipinski definition) is 3. The molecule has 0 aromatic heterocycles. The first kappa shape index (κ1) is 20.3. The van der Waals surface area contributed by atoms with Crippen LogP contribution in [-0.2, 0) is 16.2 Å². The van der Waals surface area contributed by atoms with Gasteiger partial charge in [-0.2, -0.15) is 13.2 Å². The van der Waals surface area contributed by atoms with Crippen molar-refractivity contribution in [2.75, 3.05) is 17.5 Å². The lowest BCUT2D eigenvalue weighted by Crippen LogP contribution is -2.23. The highest BCUT2D eigenvalue weighted by molar-refractivity contribution is 7.92. The fraction of sp³-hybridized carbons (Fsp3) is 0.167. The lowest BCUT2D eigenvalue weighted by molar-refractivity contribution is -0.137. The second kappa shape index (κ2) is 8.14. The third-order valence-corrected chi connectivity index (χ3v) is 3.79. The SMILES string of the molecule is CS(=O)(=O)Nc1cccc(C(=O)NCC#Cc2cccc(C(F)(F)F)c2)c1. The molecule has 0 aliphatic heterocycles. The number of rotatable bonds is 4. The van der Waals surface area contributed by atoms with E-state index in [0.29, 0.717) is 0 Å². The van der Waals surface area contributed by atoms with Crippen molar-refractivity contribution in [3.05, 3.63) is 65.2 Å². The standard InChI is InChI=1S/C18H15F3N2O3S/c1-27(25,26)23-16-9-3-7-14(12-16)17(24)22-10-4-6-13-5-2-8-15(11-13)18(19,20)21/h2-3,5,7-9,11-12,23H,10H2,1H3,(H,22,24). The van der Waals surface area contributed by atoms with E-state index in [-0.39, 0.29) is 23.4 Å². The van der Waals surface area contributed by atoms with E-state index in [1.54, 1.807) is 0 Å². The molecule has 142 valence electrons. The molecule has 0 fully saturated rings. The van der Waals surface area contributed by atoms with Crippen LogP contribution in [0.3, 0.4) is 0 Å². The smallest absolute Gasteiger partial charge is 0.341 e. The number of amides is 1. The minimum Gasteiger partial charge on any atom is -0.341 e. The molecule has 0 aliphatic rings. The van der Waals surface area contributed by atoms with E-state index < -0.39 is 27.7 Å². The molecule has 9 heteroatoms. The Morgan fingerprint density at radius 3 is 2.48 bits per heavy atom. The Morgan fingerprint density at radius 2 is 1.81 bits per heavy atom. The predicted octanol–water partition coefficient (Wildman–Crippen LogP) is 2.86. The van der Waals surface area contributed by atoms with Crippen LogP contribution in [0.2, 0.25) is 0 Å². The summed E-state index contributed by atoms with van der Waals surface area (Å²) in [5.74, 6) is 4.63. The molecule has 0 spiro atoms. The number of carbonyl (C=O) groups excluding carboxylic acids is 1. The average Bonchev–Trinajstić information content (AvgIpc) is 2.57. The van der Waals surface area contributed by atoms with Gasteiger partial charge in [0.1, 0.15) is 0 Å². The first-order valence-electron chi connectivity index (χ1n) is 7.57. The van der Waals surface area contributed by atoms with Gasteiger partial charge in [0.15, 0.2) is 0 Å². The van der Waals surface area contributed by atoms with Crippen LogP contribution >= 0.6 is 0 Å². The van der Waals surface area contributed by atoms with Gasteiger partial charge in [0.2, 0.25) is 10.0 Å². The van der Waals surface area contributed by atoms with Gasteiger partial charge in [-0.3, -0.25) is 9.52 Å². The van der Waals surface area contributed by atoms with Crippen molar-refractivity contribution in [1.29, 1.82) is 0 Å². The number of carbonyl (C=O) groups is 1. The van der Waals surface area contributed by atoms with E-state index >= 15 is 0 Å². The van der Waals surface area contributed by atoms with E-state index in [1.807, 2.05) is 0 Å². The third-order valence-electron chi connectivity index (χ3n) is 3.19. The molecule has 5 nitrogen and oxygen atoms in total. The van der Waals surface area contributed by atoms with Gasteiger partial charge < -0.3 is 5.32 Å². The highest BCUT2D eigenvalue weighted by Crippen LogP contribution is 2.29. The van der Waals surface area contributed by atoms with Crippen molar-refractivity contribution in [3.63, 3.8) is 0 Å². The topological polar surface area (TPSA) is 75.3 Å². The van der Waals surface area contributed by atoms with E-state index in [2.05, 4.69) is 21.9 Å². The summed E-state index contributed by atoms with van der Waals surface area (Å²) in [5, 5.41) is 2.49. The minimum atomic E-state index is -4.45. The van der Waals surface area contributed by atoms with Crippen LogP contribution in [0.4, 0.5) is 18.9 Å². The number of halogens is 3. The molecule has 1 amide bonds. The summed E-state index contributed by atoms with van der Waals surface area (Å²) in [5.41, 5.74) is -0.170. The number of nitrogens with one attached hydrogen (secondary N) is 2. The van der Waals surface area contributed by atoms with Crippen molar-refractivity contribution in [2.45, 2.75) is 6.18 Å². The van der Waals surface area contributed by atoms with Crippen LogP contribution in [0.5, 0.6) is 0 Å². The molecule has 0 saturated carbocycles. The van der Waals surface area contributed by atoms with Crippen molar-refractivity contribution in [3.8, 4) is 11.8 Å². The monoisotopic (exact) mass is 396 g/mol. The summed E-state index contributed by atoms with van der Waals surface area (Å²) in [7, 11) is -3.47. The van der Waals surface area contributed by atoms with Gasteiger partial charge in [0, 0.05) is 16.8 Å². The largest absolute Gasteiger partial charge is 0.416 e. The van der Waals surface area contributed by atoms with Crippen LogP contribution in [-0.4, -0.2) is 27.1 Å². The van der Waals surface area contributed by atoms with Crippen molar-refractivity contribution in [2.24, 2.45) is 0 Å². The van der Waals surface area contributed by atoms with Crippen LogP contribution in [0.1, 0.15) is 21.5 Å². The molecule has 0 atom stereocenters. The summed E-state index contributed by atoms with van der Waals surface area (Å²) in [6.45, 7) is -0.0845. The molecule has 0 bridgehead atoms. The molecule has 2 rings (SSSR count). The van der Waals surface area contributed by atoms with Gasteiger partial charge in [-0.15, -0.1) is 0 Å². The molecule has 2 aromatic rings. The summed E-state index contributed by atoms with van der Waals surface area (Å²) in [4.78, 5) is 12.1. The van der Waals surface area contributed by atoms with Gasteiger partial charge in [0.05, 0.1) is 18.4 Å². The average molecular weight is 396 g/mol. The molecule has 0 saturated heterocycles. The number of anilines is 1. The zero-order chi connectivity index (χ0) is 20.1. The lowest BCUT2D eigenvalue weighted by Gasteiger charge is -2.06. The molecule has 0 unspecified atom stereocenters. The molecular weight excluding hydrogens is 381 g/mol. The van der Waals surface area contributed by atoms with E-state index in [1.165, 1.54) is 36.4 Å². The van der Waals surface area contributed by atoms with E-state index in [9.17, 15) is 26.4 Å². The second-order valence-electron chi connectivity index (χ2n) is 5.52. The highest BCUT2D eigenvalue weighted by Gasteiger charge is 2.30. The molecule has 0 radical (unpaired) electrons. The van der Waals surface area contributed by atoms with Crippen molar-refractivity contribution >= 4 is 21.6 Å². The first-order valence-corrected chi connectivity index (χ1v) is 9.46. The molecule has 0 heterocycles. The van der Waals surface area contributed by atoms with Crippen molar-refractivity contribution < 1.29 is 26.4 Å². The summed E-state index contributed by atoms with van der Waals surface area (Å²) in [6, 6.07) is 10.4. The Hall–Kier alpha value is -2.99. The van der Waals surface area contributed by atoms with Crippen LogP contribution in [0.15, 0.2) is 48.5 Å². The van der Waals surface area contributed by atoms with Crippen LogP contribution < -0.4 is 10.0 Å². The first-order chi connectivity index (χ1) is 12.5. The molecule has 2 aromatic carbocycles. The molecule has 27 heavy (non-hydrogen) atoms. The lowest BCUT2D eigenvalue weighted by atomic mass is 10.1. The number of alkyl halides is 3. The number of benzene rings is 2. The number of hydrogen-bond donors (Lipinski definition) is 2. The normalized spacial score (nSPS) is 11.3. The van der Waals surface area contributed by atoms with Crippen molar-refractivity contribution in [1.82, 2.24) is 5.32 Å². The quantitative estimate of drug-likeness (QED) is 0.781. The zero-order valence-electron chi connectivity index (χ0n) is 14.1. The molecule has 2 N–H and O–H groups in total. The maximum absolute atomic E-state index is 12.6. The van der Waals surface area contributed by atoms with Crippen LogP contribution in [0, 0.1) is 11.8 Å². The van der Waals surface area contributed by atoms with E-state index in [4.69, 9.17) is 0 Å². The molecule has 0 aliphatic carbocycles. The Bertz CT molecular complexity index is 1010. The number of sulfonamides is 1. The maximum Gasteiger partial charge on any atom is 0.416 e. The van der Waals surface area contributed by atoms with Gasteiger partial charge in [0.25, 0.3) is 5.91 Å². The predicted molar refractivity (Wildman–Crippen MR) is 95.6 cm³/mol. The Morgan fingerprint density at radius 1 is 1.11 bits per heavy atom. The Kier molecular flexibility index (Phi) is 6.13. The fourth-order valence-corrected chi connectivity index (χ4v) is 2.64. The zero-order valence-corrected chi connectivity index (χ0v) is 14.9. The van der Waals surface area contributed by atoms with Gasteiger partial charge in [-0.05, 0) is 36.4 Å². The second-order valence-corrected chi connectivity index (χ2v) is 7.27. The molecular formula is C18H15F3N2O3S. The van der Waals surface area contributed by atoms with Crippen LogP contribution in [0.25, 0.3) is 0 Å². The summed E-state index contributed by atoms with van der Waals surface area (Å²) >= 11 is 0. The Balaban J connectivity index is 2.00. The van der Waals surface area contributed by atoms with Gasteiger partial charge in [-0.1, -0.05) is 24.0 Å². The third kappa shape index (κ3) is 6.67. The van der Waals surface area contributed by atoms with Gasteiger partial charge >= 0.3 is 6.18 Å². The summed E-state index contributed by atoms with van der Waals surface area (Å²) in [6.07, 6.45) is -3.46. The Labute approximate surface area is 154 Å².